The molecule has 0 spiro atoms. The second kappa shape index (κ2) is 8.32. The number of ether oxygens (including phenoxy) is 1. The molecule has 0 aliphatic carbocycles. The van der Waals surface area contributed by atoms with E-state index in [-0.39, 0.29) is 46.9 Å². The molecule has 0 radical (unpaired) electrons. The lowest BCUT2D eigenvalue weighted by Crippen LogP contribution is -2.42. The lowest BCUT2D eigenvalue weighted by molar-refractivity contribution is -0.123. The van der Waals surface area contributed by atoms with Crippen molar-refractivity contribution in [1.82, 2.24) is 10.6 Å². The minimum atomic E-state index is -0.321. The molecular weight excluding hydrogens is 424 g/mol. The van der Waals surface area contributed by atoms with E-state index in [1.54, 1.807) is 23.5 Å². The molecule has 160 valence electrons. The van der Waals surface area contributed by atoms with Crippen LogP contribution in [0.4, 0.5) is 11.4 Å². The quantitative estimate of drug-likeness (QED) is 0.525. The molecule has 0 aromatic heterocycles. The maximum Gasteiger partial charge on any atom is 0.230 e. The van der Waals surface area contributed by atoms with Crippen LogP contribution in [0, 0.1) is 5.92 Å². The van der Waals surface area contributed by atoms with E-state index in [0.29, 0.717) is 24.1 Å². The molecule has 10 heteroatoms. The van der Waals surface area contributed by atoms with Crippen LogP contribution >= 0.6 is 23.5 Å². The van der Waals surface area contributed by atoms with Gasteiger partial charge in [0.1, 0.15) is 4.71 Å². The van der Waals surface area contributed by atoms with Gasteiger partial charge in [0.25, 0.3) is 0 Å². The molecular formula is C20H24N4O4S2. The third kappa shape index (κ3) is 4.26. The molecule has 4 N–H and O–H groups in total. The van der Waals surface area contributed by atoms with Gasteiger partial charge < -0.3 is 26.0 Å². The number of benzene rings is 1. The minimum absolute atomic E-state index is 0.0460. The highest BCUT2D eigenvalue weighted by molar-refractivity contribution is 8.17. The zero-order valence-electron chi connectivity index (χ0n) is 16.3. The van der Waals surface area contributed by atoms with E-state index in [4.69, 9.17) is 4.74 Å². The molecule has 0 saturated carbocycles. The fourth-order valence-electron chi connectivity index (χ4n) is 4.39. The van der Waals surface area contributed by atoms with E-state index < -0.39 is 0 Å². The standard InChI is InChI=1S/C20H24N4O4S2/c25-17-5-10(8-21-17)19(27)22-11-1-3-13-16(6-11)30-20(24-13)29-9-18(26)23-14-7-12-2-4-15(14)28-12/h1,3,6,10,12,14-15,20,24H,2,4-5,7-9H2,(H,21,25)(H,22,27)(H,23,26). The molecule has 4 aliphatic rings. The average Bonchev–Trinajstić information content (AvgIpc) is 3.50. The molecule has 5 unspecified atom stereocenters. The van der Waals surface area contributed by atoms with Crippen LogP contribution in [-0.4, -0.2) is 53.0 Å². The molecule has 3 fully saturated rings. The number of carbonyl (C=O) groups excluding carboxylic acids is 3. The Balaban J connectivity index is 1.09. The van der Waals surface area contributed by atoms with Gasteiger partial charge in [-0.3, -0.25) is 14.4 Å². The first-order chi connectivity index (χ1) is 14.5. The van der Waals surface area contributed by atoms with Gasteiger partial charge >= 0.3 is 0 Å². The summed E-state index contributed by atoms with van der Waals surface area (Å²) in [6.07, 6.45) is 3.86. The molecule has 4 heterocycles. The van der Waals surface area contributed by atoms with Crippen LogP contribution in [0.3, 0.4) is 0 Å². The van der Waals surface area contributed by atoms with Gasteiger partial charge in [0, 0.05) is 29.2 Å². The number of anilines is 2. The number of rotatable bonds is 6. The molecule has 5 atom stereocenters. The Morgan fingerprint density at radius 3 is 2.93 bits per heavy atom. The molecule has 1 aromatic rings. The summed E-state index contributed by atoms with van der Waals surface area (Å²) >= 11 is 3.19. The summed E-state index contributed by atoms with van der Waals surface area (Å²) in [6, 6.07) is 5.88. The van der Waals surface area contributed by atoms with E-state index in [9.17, 15) is 14.4 Å². The SMILES string of the molecule is O=C1CC(C(=O)Nc2ccc3c(c2)SC(SCC(=O)NC2CC4CCC2O4)N3)CN1. The number of hydrogen-bond donors (Lipinski definition) is 4. The number of thioether (sulfide) groups is 2. The summed E-state index contributed by atoms with van der Waals surface area (Å²) in [4.78, 5) is 37.0. The monoisotopic (exact) mass is 448 g/mol. The first kappa shape index (κ1) is 20.0. The molecule has 3 amide bonds. The topological polar surface area (TPSA) is 109 Å². The van der Waals surface area contributed by atoms with E-state index in [2.05, 4.69) is 21.3 Å². The lowest BCUT2D eigenvalue weighted by atomic mass is 9.95. The van der Waals surface area contributed by atoms with Crippen molar-refractivity contribution >= 4 is 52.6 Å². The number of carbonyl (C=O) groups is 3. The first-order valence-electron chi connectivity index (χ1n) is 10.2. The molecule has 1 aromatic carbocycles. The summed E-state index contributed by atoms with van der Waals surface area (Å²) in [5.74, 6) is -0.109. The average molecular weight is 449 g/mol. The Morgan fingerprint density at radius 1 is 1.30 bits per heavy atom. The number of hydrogen-bond acceptors (Lipinski definition) is 7. The van der Waals surface area contributed by atoms with Gasteiger partial charge in [0.2, 0.25) is 17.7 Å². The Labute approximate surface area is 183 Å². The van der Waals surface area contributed by atoms with E-state index in [1.807, 2.05) is 18.2 Å². The van der Waals surface area contributed by atoms with Crippen molar-refractivity contribution in [2.75, 3.05) is 22.9 Å². The Bertz CT molecular complexity index is 882. The van der Waals surface area contributed by atoms with Crippen molar-refractivity contribution in [3.05, 3.63) is 18.2 Å². The van der Waals surface area contributed by atoms with Crippen molar-refractivity contribution in [1.29, 1.82) is 0 Å². The maximum atomic E-state index is 12.3. The smallest absolute Gasteiger partial charge is 0.230 e. The van der Waals surface area contributed by atoms with E-state index in [0.717, 1.165) is 29.8 Å². The highest BCUT2D eigenvalue weighted by atomic mass is 32.2. The summed E-state index contributed by atoms with van der Waals surface area (Å²) in [7, 11) is 0. The van der Waals surface area contributed by atoms with E-state index >= 15 is 0 Å². The first-order valence-corrected chi connectivity index (χ1v) is 12.2. The third-order valence-corrected chi connectivity index (χ3v) is 8.39. The van der Waals surface area contributed by atoms with Crippen LogP contribution < -0.4 is 21.3 Å². The molecule has 5 rings (SSSR count). The molecule has 8 nitrogen and oxygen atoms in total. The van der Waals surface area contributed by atoms with Crippen molar-refractivity contribution in [3.63, 3.8) is 0 Å². The lowest BCUT2D eigenvalue weighted by Gasteiger charge is -2.20. The molecule has 3 saturated heterocycles. The van der Waals surface area contributed by atoms with Crippen LogP contribution in [0.1, 0.15) is 25.7 Å². The van der Waals surface area contributed by atoms with Gasteiger partial charge in [0.15, 0.2) is 0 Å². The van der Waals surface area contributed by atoms with Gasteiger partial charge in [-0.1, -0.05) is 11.8 Å². The predicted molar refractivity (Wildman–Crippen MR) is 116 cm³/mol. The zero-order valence-corrected chi connectivity index (χ0v) is 17.9. The van der Waals surface area contributed by atoms with Gasteiger partial charge in [-0.25, -0.2) is 0 Å². The highest BCUT2D eigenvalue weighted by Crippen LogP contribution is 2.44. The molecule has 2 bridgehead atoms. The van der Waals surface area contributed by atoms with Crippen LogP contribution in [0.25, 0.3) is 0 Å². The van der Waals surface area contributed by atoms with Gasteiger partial charge in [0.05, 0.1) is 29.9 Å². The largest absolute Gasteiger partial charge is 0.373 e. The molecule has 4 aliphatic heterocycles. The summed E-state index contributed by atoms with van der Waals surface area (Å²) < 4.78 is 5.84. The number of nitrogens with one attached hydrogen (secondary N) is 4. The zero-order chi connectivity index (χ0) is 20.7. The normalized spacial score (nSPS) is 31.2. The van der Waals surface area contributed by atoms with Crippen LogP contribution in [0.5, 0.6) is 0 Å². The maximum absolute atomic E-state index is 12.3. The Morgan fingerprint density at radius 2 is 2.20 bits per heavy atom. The fraction of sp³-hybridized carbons (Fsp3) is 0.550. The Hall–Kier alpha value is -1.91. The second-order valence-corrected chi connectivity index (χ2v) is 10.6. The van der Waals surface area contributed by atoms with Crippen molar-refractivity contribution in [2.24, 2.45) is 5.92 Å². The van der Waals surface area contributed by atoms with Crippen molar-refractivity contribution < 1.29 is 19.1 Å². The van der Waals surface area contributed by atoms with Crippen LogP contribution in [0.15, 0.2) is 23.1 Å². The van der Waals surface area contributed by atoms with Gasteiger partial charge in [-0.2, -0.15) is 0 Å². The van der Waals surface area contributed by atoms with Gasteiger partial charge in [-0.15, -0.1) is 11.8 Å². The van der Waals surface area contributed by atoms with E-state index in [1.165, 1.54) is 0 Å². The van der Waals surface area contributed by atoms with Crippen molar-refractivity contribution in [3.8, 4) is 0 Å². The van der Waals surface area contributed by atoms with Crippen molar-refractivity contribution in [2.45, 2.75) is 53.5 Å². The van der Waals surface area contributed by atoms with Crippen LogP contribution in [-0.2, 0) is 19.1 Å². The fourth-order valence-corrected chi connectivity index (χ4v) is 6.64. The second-order valence-electron chi connectivity index (χ2n) is 8.09. The number of fused-ring (bicyclic) bond motifs is 3. The summed E-state index contributed by atoms with van der Waals surface area (Å²) in [5.41, 5.74) is 1.71. The third-order valence-electron chi connectivity index (χ3n) is 5.92. The predicted octanol–water partition coefficient (Wildman–Crippen LogP) is 1.73. The molecule has 30 heavy (non-hydrogen) atoms. The minimum Gasteiger partial charge on any atom is -0.373 e. The summed E-state index contributed by atoms with van der Waals surface area (Å²) in [5, 5.41) is 12.1. The highest BCUT2D eigenvalue weighted by Gasteiger charge is 2.41. The summed E-state index contributed by atoms with van der Waals surface area (Å²) in [6.45, 7) is 0.390. The van der Waals surface area contributed by atoms with Gasteiger partial charge in [-0.05, 0) is 37.5 Å². The number of amides is 3. The Kier molecular flexibility index (Phi) is 5.55. The van der Waals surface area contributed by atoms with Crippen LogP contribution in [0.2, 0.25) is 0 Å².